The van der Waals surface area contributed by atoms with Crippen molar-refractivity contribution in [2.45, 2.75) is 75.5 Å². The van der Waals surface area contributed by atoms with Crippen LogP contribution in [-0.2, 0) is 24.4 Å². The van der Waals surface area contributed by atoms with E-state index in [0.717, 1.165) is 44.2 Å². The third kappa shape index (κ3) is 13.1. The highest BCUT2D eigenvalue weighted by molar-refractivity contribution is 7.90. The van der Waals surface area contributed by atoms with Gasteiger partial charge in [0.2, 0.25) is 22.3 Å². The second kappa shape index (κ2) is 18.4. The summed E-state index contributed by atoms with van der Waals surface area (Å²) in [5, 5.41) is 4.76. The monoisotopic (exact) mass is 645 g/mol. The largest absolute Gasteiger partial charge is 0.468 e. The van der Waals surface area contributed by atoms with E-state index in [0.29, 0.717) is 42.3 Å². The molecule has 2 aromatic rings. The number of methoxy groups -OCH3 is 1. The summed E-state index contributed by atoms with van der Waals surface area (Å²) in [5.41, 5.74) is 1.28. The van der Waals surface area contributed by atoms with Gasteiger partial charge in [0.05, 0.1) is 25.2 Å². The van der Waals surface area contributed by atoms with Crippen molar-refractivity contribution in [3.63, 3.8) is 0 Å². The Morgan fingerprint density at radius 3 is 2.44 bits per heavy atom. The average Bonchev–Trinajstić information content (AvgIpc) is 3.97. The SMILES string of the molecule is CON(C)CCCC/C=C\[C@@H]1CC1NC(=O)C1CCCC1.COc1nc(-c2ccccc2)cc(=O)[nH]1.O=CNS(=O)(=O)C1CC1. The molecular formula is C32H47N5O7S. The van der Waals surface area contributed by atoms with E-state index in [1.54, 1.807) is 11.8 Å². The fourth-order valence-electron chi connectivity index (χ4n) is 4.87. The highest BCUT2D eigenvalue weighted by atomic mass is 32.2. The highest BCUT2D eigenvalue weighted by Gasteiger charge is 2.37. The van der Waals surface area contributed by atoms with Crippen LogP contribution in [0.2, 0.25) is 0 Å². The number of ether oxygens (including phenoxy) is 1. The van der Waals surface area contributed by atoms with E-state index in [1.165, 1.54) is 32.4 Å². The van der Waals surface area contributed by atoms with Crippen LogP contribution >= 0.6 is 0 Å². The topological polar surface area (TPSA) is 160 Å². The van der Waals surface area contributed by atoms with Gasteiger partial charge in [-0.05, 0) is 57.3 Å². The Labute approximate surface area is 266 Å². The van der Waals surface area contributed by atoms with Crippen molar-refractivity contribution in [3.05, 3.63) is 58.9 Å². The predicted molar refractivity (Wildman–Crippen MR) is 173 cm³/mol. The maximum atomic E-state index is 12.0. The van der Waals surface area contributed by atoms with Gasteiger partial charge in [-0.15, -0.1) is 0 Å². The summed E-state index contributed by atoms with van der Waals surface area (Å²) in [6.07, 6.45) is 15.4. The molecule has 2 amide bonds. The molecule has 0 radical (unpaired) electrons. The van der Waals surface area contributed by atoms with Crippen molar-refractivity contribution in [1.82, 2.24) is 25.1 Å². The molecule has 0 spiro atoms. The Morgan fingerprint density at radius 1 is 1.11 bits per heavy atom. The minimum atomic E-state index is -3.26. The number of sulfonamides is 1. The predicted octanol–water partition coefficient (Wildman–Crippen LogP) is 3.57. The second-order valence-corrected chi connectivity index (χ2v) is 13.4. The molecule has 0 aliphatic heterocycles. The third-order valence-electron chi connectivity index (χ3n) is 7.84. The number of carbonyl (C=O) groups excluding carboxylic acids is 2. The van der Waals surface area contributed by atoms with Crippen LogP contribution in [0.5, 0.6) is 6.01 Å². The number of carbonyl (C=O) groups is 2. The van der Waals surface area contributed by atoms with Crippen LogP contribution in [0.3, 0.4) is 0 Å². The lowest BCUT2D eigenvalue weighted by Crippen LogP contribution is -2.31. The standard InChI is InChI=1S/C17H30N2O2.C11H10N2O2.C4H7NO3S/c1-19(21-2)12-8-4-3-5-11-15-13-16(15)18-17(20)14-9-6-7-10-14;1-15-11-12-9(7-10(14)13-11)8-5-3-2-4-6-8;6-3-5-9(7,8)4-1-2-4/h5,11,14-16H,3-4,6-10,12-13H2,1-2H3,(H,18,20);2-7H,1H3,(H,12,13,14);3-4H,1-2H2,(H,5,6)/b11-5-;;/t15-,16?;;/m1../s1. The van der Waals surface area contributed by atoms with E-state index in [2.05, 4.69) is 27.4 Å². The first-order valence-electron chi connectivity index (χ1n) is 15.5. The van der Waals surface area contributed by atoms with Crippen molar-refractivity contribution in [3.8, 4) is 17.3 Å². The quantitative estimate of drug-likeness (QED) is 0.121. The molecule has 1 aromatic carbocycles. The molecule has 248 valence electrons. The lowest BCUT2D eigenvalue weighted by molar-refractivity contribution is -0.125. The van der Waals surface area contributed by atoms with Crippen LogP contribution in [0, 0.1) is 11.8 Å². The normalized spacial score (nSPS) is 19.2. The summed E-state index contributed by atoms with van der Waals surface area (Å²) in [6, 6.07) is 11.6. The second-order valence-electron chi connectivity index (χ2n) is 11.4. The number of hydroxylamine groups is 2. The highest BCUT2D eigenvalue weighted by Crippen LogP contribution is 2.33. The molecule has 2 atom stereocenters. The first-order valence-corrected chi connectivity index (χ1v) is 17.1. The number of amides is 2. The van der Waals surface area contributed by atoms with Gasteiger partial charge >= 0.3 is 0 Å². The van der Waals surface area contributed by atoms with E-state index in [4.69, 9.17) is 9.57 Å². The summed E-state index contributed by atoms with van der Waals surface area (Å²) in [7, 11) is 1.87. The van der Waals surface area contributed by atoms with Crippen LogP contribution in [0.4, 0.5) is 0 Å². The van der Waals surface area contributed by atoms with Gasteiger partial charge in [0, 0.05) is 37.2 Å². The van der Waals surface area contributed by atoms with Crippen LogP contribution < -0.4 is 20.3 Å². The summed E-state index contributed by atoms with van der Waals surface area (Å²) >= 11 is 0. The molecule has 3 aliphatic rings. The van der Waals surface area contributed by atoms with Gasteiger partial charge in [-0.3, -0.25) is 24.1 Å². The lowest BCUT2D eigenvalue weighted by atomic mass is 10.1. The summed E-state index contributed by atoms with van der Waals surface area (Å²) in [4.78, 5) is 44.6. The number of allylic oxidation sites excluding steroid dienone is 1. The van der Waals surface area contributed by atoms with E-state index in [-0.39, 0.29) is 23.2 Å². The molecule has 45 heavy (non-hydrogen) atoms. The zero-order valence-corrected chi connectivity index (χ0v) is 27.3. The van der Waals surface area contributed by atoms with Crippen LogP contribution in [-0.4, -0.2) is 74.9 Å². The minimum Gasteiger partial charge on any atom is -0.468 e. The molecule has 3 aliphatic carbocycles. The lowest BCUT2D eigenvalue weighted by Gasteiger charge is -2.12. The fraction of sp³-hybridized carbons (Fsp3) is 0.562. The number of benzene rings is 1. The maximum absolute atomic E-state index is 12.0. The molecule has 0 bridgehead atoms. The van der Waals surface area contributed by atoms with Gasteiger partial charge < -0.3 is 14.9 Å². The van der Waals surface area contributed by atoms with Gasteiger partial charge in [0.15, 0.2) is 0 Å². The molecule has 1 unspecified atom stereocenters. The number of H-pyrrole nitrogens is 1. The van der Waals surface area contributed by atoms with Crippen molar-refractivity contribution in [2.75, 3.05) is 27.8 Å². The molecule has 13 heteroatoms. The molecular weight excluding hydrogens is 598 g/mol. The Hall–Kier alpha value is -3.55. The number of nitrogens with zero attached hydrogens (tertiary/aromatic N) is 2. The number of aromatic nitrogens is 2. The molecule has 1 heterocycles. The van der Waals surface area contributed by atoms with E-state index >= 15 is 0 Å². The van der Waals surface area contributed by atoms with E-state index in [9.17, 15) is 22.8 Å². The molecule has 5 rings (SSSR count). The number of unbranched alkanes of at least 4 members (excludes halogenated alkanes) is 2. The summed E-state index contributed by atoms with van der Waals surface area (Å²) in [5.74, 6) is 1.18. The Kier molecular flexibility index (Phi) is 14.7. The van der Waals surface area contributed by atoms with Crippen LogP contribution in [0.1, 0.15) is 64.2 Å². The Morgan fingerprint density at radius 2 is 1.82 bits per heavy atom. The van der Waals surface area contributed by atoms with E-state index < -0.39 is 10.0 Å². The Bertz CT molecular complexity index is 1390. The molecule has 3 saturated carbocycles. The first kappa shape index (κ1) is 35.9. The zero-order valence-electron chi connectivity index (χ0n) is 26.4. The Balaban J connectivity index is 0.000000200. The number of aromatic amines is 1. The average molecular weight is 646 g/mol. The van der Waals surface area contributed by atoms with Crippen LogP contribution in [0.15, 0.2) is 53.3 Å². The van der Waals surface area contributed by atoms with Crippen molar-refractivity contribution >= 4 is 22.3 Å². The third-order valence-corrected chi connectivity index (χ3v) is 9.61. The molecule has 12 nitrogen and oxygen atoms in total. The number of nitrogens with one attached hydrogen (secondary N) is 3. The number of rotatable bonds is 14. The van der Waals surface area contributed by atoms with Gasteiger partial charge in [-0.1, -0.05) is 55.3 Å². The van der Waals surface area contributed by atoms with Crippen molar-refractivity contribution < 1.29 is 27.6 Å². The van der Waals surface area contributed by atoms with E-state index in [1.807, 2.05) is 42.4 Å². The van der Waals surface area contributed by atoms with Gasteiger partial charge in [0.1, 0.15) is 0 Å². The number of hydrogen-bond acceptors (Lipinski definition) is 9. The fourth-order valence-corrected chi connectivity index (χ4v) is 5.95. The maximum Gasteiger partial charge on any atom is 0.296 e. The zero-order chi connectivity index (χ0) is 32.7. The van der Waals surface area contributed by atoms with Gasteiger partial charge in [-0.2, -0.15) is 10.0 Å². The van der Waals surface area contributed by atoms with Gasteiger partial charge in [-0.25, -0.2) is 8.42 Å². The summed E-state index contributed by atoms with van der Waals surface area (Å²) in [6.45, 7) is 0.980. The molecule has 3 N–H and O–H groups in total. The van der Waals surface area contributed by atoms with Crippen molar-refractivity contribution in [2.24, 2.45) is 11.8 Å². The first-order chi connectivity index (χ1) is 21.7. The minimum absolute atomic E-state index is 0.202. The van der Waals surface area contributed by atoms with Gasteiger partial charge in [0.25, 0.3) is 11.6 Å². The molecule has 0 saturated heterocycles. The van der Waals surface area contributed by atoms with Crippen molar-refractivity contribution in [1.29, 1.82) is 0 Å². The molecule has 1 aromatic heterocycles. The smallest absolute Gasteiger partial charge is 0.296 e. The molecule has 3 fully saturated rings. The number of hydrogen-bond donors (Lipinski definition) is 3. The van der Waals surface area contributed by atoms with Crippen LogP contribution in [0.25, 0.3) is 11.3 Å². The summed E-state index contributed by atoms with van der Waals surface area (Å²) < 4.78 is 28.0.